The predicted octanol–water partition coefficient (Wildman–Crippen LogP) is 0.437. The summed E-state index contributed by atoms with van der Waals surface area (Å²) in [6, 6.07) is 4.57. The molecule has 0 bridgehead atoms. The highest BCUT2D eigenvalue weighted by atomic mass is 16.5. The summed E-state index contributed by atoms with van der Waals surface area (Å²) in [6.45, 7) is -0.596. The number of nitrogen functional groups attached to an aromatic ring is 1. The zero-order chi connectivity index (χ0) is 14.4. The van der Waals surface area contributed by atoms with Crippen LogP contribution in [0.15, 0.2) is 18.2 Å². The summed E-state index contributed by atoms with van der Waals surface area (Å²) in [5.41, 5.74) is 6.10. The Morgan fingerprint density at radius 3 is 2.74 bits per heavy atom. The molecule has 6 nitrogen and oxygen atoms in total. The van der Waals surface area contributed by atoms with Gasteiger partial charge in [0.25, 0.3) is 5.91 Å². The van der Waals surface area contributed by atoms with E-state index in [1.54, 1.807) is 6.07 Å². The summed E-state index contributed by atoms with van der Waals surface area (Å²) < 4.78 is 5.00. The van der Waals surface area contributed by atoms with Crippen LogP contribution in [0, 0.1) is 12.3 Å². The third kappa shape index (κ3) is 3.64. The first-order chi connectivity index (χ1) is 8.99. The van der Waals surface area contributed by atoms with E-state index in [4.69, 9.17) is 22.0 Å². The molecular weight excluding hydrogens is 248 g/mol. The van der Waals surface area contributed by atoms with E-state index in [1.165, 1.54) is 19.2 Å². The summed E-state index contributed by atoms with van der Waals surface area (Å²) in [5, 5.41) is 8.76. The fraction of sp³-hybridized carbons (Fsp3) is 0.231. The molecule has 0 aliphatic heterocycles. The van der Waals surface area contributed by atoms with Crippen molar-refractivity contribution < 1.29 is 19.4 Å². The lowest BCUT2D eigenvalue weighted by molar-refractivity contribution is -0.137. The zero-order valence-corrected chi connectivity index (χ0v) is 10.4. The number of carboxylic acid groups (broad SMARTS) is 1. The summed E-state index contributed by atoms with van der Waals surface area (Å²) in [4.78, 5) is 23.9. The lowest BCUT2D eigenvalue weighted by atomic mass is 10.1. The van der Waals surface area contributed by atoms with Gasteiger partial charge in [0.05, 0.1) is 19.2 Å². The molecule has 1 aromatic carbocycles. The summed E-state index contributed by atoms with van der Waals surface area (Å²) in [6.07, 6.45) is 5.12. The Labute approximate surface area is 110 Å². The highest BCUT2D eigenvalue weighted by Gasteiger charge is 2.20. The molecule has 1 aromatic rings. The van der Waals surface area contributed by atoms with E-state index in [2.05, 4.69) is 5.92 Å². The number of hydrogen-bond acceptors (Lipinski definition) is 4. The molecule has 19 heavy (non-hydrogen) atoms. The van der Waals surface area contributed by atoms with Crippen LogP contribution in [-0.2, 0) is 4.79 Å². The maximum atomic E-state index is 12.2. The van der Waals surface area contributed by atoms with Crippen LogP contribution < -0.4 is 10.5 Å². The van der Waals surface area contributed by atoms with Crippen LogP contribution in [0.4, 0.5) is 5.69 Å². The van der Waals surface area contributed by atoms with E-state index in [0.717, 1.165) is 4.90 Å². The Kier molecular flexibility index (Phi) is 4.77. The van der Waals surface area contributed by atoms with Gasteiger partial charge in [-0.15, -0.1) is 6.42 Å². The summed E-state index contributed by atoms with van der Waals surface area (Å²) in [5.74, 6) is 1.00. The van der Waals surface area contributed by atoms with Gasteiger partial charge in [0, 0.05) is 5.69 Å². The largest absolute Gasteiger partial charge is 0.497 e. The fourth-order valence-corrected chi connectivity index (χ4v) is 1.49. The molecule has 0 saturated carbocycles. The van der Waals surface area contributed by atoms with E-state index in [9.17, 15) is 9.59 Å². The predicted molar refractivity (Wildman–Crippen MR) is 69.8 cm³/mol. The minimum Gasteiger partial charge on any atom is -0.497 e. The van der Waals surface area contributed by atoms with Crippen LogP contribution in [0.25, 0.3) is 0 Å². The minimum atomic E-state index is -1.15. The maximum Gasteiger partial charge on any atom is 0.323 e. The normalized spacial score (nSPS) is 9.47. The number of rotatable bonds is 5. The van der Waals surface area contributed by atoms with Crippen molar-refractivity contribution in [2.24, 2.45) is 0 Å². The first-order valence-electron chi connectivity index (χ1n) is 5.37. The van der Waals surface area contributed by atoms with Gasteiger partial charge >= 0.3 is 5.97 Å². The van der Waals surface area contributed by atoms with Crippen LogP contribution in [0.5, 0.6) is 5.75 Å². The highest BCUT2D eigenvalue weighted by molar-refractivity contribution is 6.00. The van der Waals surface area contributed by atoms with Gasteiger partial charge in [-0.25, -0.2) is 0 Å². The Morgan fingerprint density at radius 1 is 1.53 bits per heavy atom. The van der Waals surface area contributed by atoms with Gasteiger partial charge in [-0.2, -0.15) is 0 Å². The average molecular weight is 262 g/mol. The van der Waals surface area contributed by atoms with E-state index < -0.39 is 18.4 Å². The molecule has 0 radical (unpaired) electrons. The Hall–Kier alpha value is -2.68. The average Bonchev–Trinajstić information content (AvgIpc) is 2.37. The van der Waals surface area contributed by atoms with Gasteiger partial charge in [-0.05, 0) is 18.2 Å². The first kappa shape index (κ1) is 14.4. The van der Waals surface area contributed by atoms with Gasteiger partial charge in [-0.1, -0.05) is 5.92 Å². The molecule has 100 valence electrons. The van der Waals surface area contributed by atoms with Crippen molar-refractivity contribution in [1.29, 1.82) is 0 Å². The molecule has 1 rings (SSSR count). The van der Waals surface area contributed by atoms with Gasteiger partial charge in [-0.3, -0.25) is 9.59 Å². The molecule has 0 aromatic heterocycles. The summed E-state index contributed by atoms with van der Waals surface area (Å²) in [7, 11) is 1.45. The van der Waals surface area contributed by atoms with Crippen LogP contribution in [0.2, 0.25) is 0 Å². The molecule has 6 heteroatoms. The number of anilines is 1. The molecule has 0 spiro atoms. The maximum absolute atomic E-state index is 12.2. The van der Waals surface area contributed by atoms with Crippen molar-refractivity contribution >= 4 is 17.6 Å². The van der Waals surface area contributed by atoms with E-state index in [-0.39, 0.29) is 17.8 Å². The number of nitrogens with two attached hydrogens (primary N) is 1. The van der Waals surface area contributed by atoms with Crippen molar-refractivity contribution in [2.75, 3.05) is 25.9 Å². The smallest absolute Gasteiger partial charge is 0.323 e. The highest BCUT2D eigenvalue weighted by Crippen LogP contribution is 2.21. The molecule has 0 aliphatic carbocycles. The number of nitrogens with zero attached hydrogens (tertiary/aromatic N) is 1. The molecule has 0 unspecified atom stereocenters. The molecule has 0 saturated heterocycles. The van der Waals surface area contributed by atoms with Crippen molar-refractivity contribution in [3.8, 4) is 18.1 Å². The number of benzene rings is 1. The van der Waals surface area contributed by atoms with Crippen LogP contribution >= 0.6 is 0 Å². The second-order valence-corrected chi connectivity index (χ2v) is 3.71. The number of amides is 1. The van der Waals surface area contributed by atoms with Crippen molar-refractivity contribution in [1.82, 2.24) is 4.90 Å². The number of hydrogen-bond donors (Lipinski definition) is 2. The number of methoxy groups -OCH3 is 1. The molecule has 0 atom stereocenters. The molecule has 0 fully saturated rings. The van der Waals surface area contributed by atoms with E-state index >= 15 is 0 Å². The summed E-state index contributed by atoms with van der Waals surface area (Å²) >= 11 is 0. The second-order valence-electron chi connectivity index (χ2n) is 3.71. The fourth-order valence-electron chi connectivity index (χ4n) is 1.49. The Balaban J connectivity index is 3.08. The van der Waals surface area contributed by atoms with Crippen LogP contribution in [0.3, 0.4) is 0 Å². The number of carboxylic acids is 1. The van der Waals surface area contributed by atoms with Gasteiger partial charge < -0.3 is 20.5 Å². The van der Waals surface area contributed by atoms with E-state index in [1.807, 2.05) is 0 Å². The molecular formula is C13H14N2O4. The Bertz CT molecular complexity index is 534. The van der Waals surface area contributed by atoms with Gasteiger partial charge in [0.2, 0.25) is 0 Å². The standard InChI is InChI=1S/C13H14N2O4/c1-3-6-15(8-12(16)17)13(18)10-7-9(19-2)4-5-11(10)14/h1,4-5,7H,6,8,14H2,2H3,(H,16,17). The van der Waals surface area contributed by atoms with Gasteiger partial charge in [0.1, 0.15) is 12.3 Å². The Morgan fingerprint density at radius 2 is 2.21 bits per heavy atom. The molecule has 3 N–H and O–H groups in total. The minimum absolute atomic E-state index is 0.109. The SMILES string of the molecule is C#CCN(CC(=O)O)C(=O)c1cc(OC)ccc1N. The third-order valence-electron chi connectivity index (χ3n) is 2.39. The van der Waals surface area contributed by atoms with Gasteiger partial charge in [0.15, 0.2) is 0 Å². The van der Waals surface area contributed by atoms with Crippen molar-refractivity contribution in [3.63, 3.8) is 0 Å². The number of aliphatic carboxylic acids is 1. The lowest BCUT2D eigenvalue weighted by Gasteiger charge is -2.19. The first-order valence-corrected chi connectivity index (χ1v) is 5.37. The number of terminal acetylenes is 1. The zero-order valence-electron chi connectivity index (χ0n) is 10.4. The van der Waals surface area contributed by atoms with Crippen LogP contribution in [-0.4, -0.2) is 42.1 Å². The number of carbonyl (C=O) groups excluding carboxylic acids is 1. The molecule has 1 amide bonds. The number of ether oxygens (including phenoxy) is 1. The topological polar surface area (TPSA) is 92.9 Å². The molecule has 0 aliphatic rings. The second kappa shape index (κ2) is 6.31. The van der Waals surface area contributed by atoms with Crippen LogP contribution in [0.1, 0.15) is 10.4 Å². The van der Waals surface area contributed by atoms with Crippen molar-refractivity contribution in [3.05, 3.63) is 23.8 Å². The lowest BCUT2D eigenvalue weighted by Crippen LogP contribution is -2.36. The van der Waals surface area contributed by atoms with E-state index in [0.29, 0.717) is 5.75 Å². The molecule has 0 heterocycles. The number of carbonyl (C=O) groups is 2. The third-order valence-corrected chi connectivity index (χ3v) is 2.39. The van der Waals surface area contributed by atoms with Crippen molar-refractivity contribution in [2.45, 2.75) is 0 Å². The monoisotopic (exact) mass is 262 g/mol. The quantitative estimate of drug-likeness (QED) is 0.593.